The van der Waals surface area contributed by atoms with E-state index < -0.39 is 0 Å². The van der Waals surface area contributed by atoms with Gasteiger partial charge >= 0.3 is 0 Å². The van der Waals surface area contributed by atoms with E-state index in [1.165, 1.54) is 11.3 Å². The molecule has 1 aliphatic rings. The van der Waals surface area contributed by atoms with Gasteiger partial charge < -0.3 is 15.0 Å². The van der Waals surface area contributed by atoms with Gasteiger partial charge in [-0.15, -0.1) is 10.2 Å². The fraction of sp³-hybridized carbons (Fsp3) is 0.515. The van der Waals surface area contributed by atoms with Crippen LogP contribution in [0.2, 0.25) is 0 Å². The van der Waals surface area contributed by atoms with Crippen molar-refractivity contribution >= 4 is 28.3 Å². The van der Waals surface area contributed by atoms with Gasteiger partial charge in [0.15, 0.2) is 0 Å². The van der Waals surface area contributed by atoms with E-state index in [-0.39, 0.29) is 17.6 Å². The van der Waals surface area contributed by atoms with Crippen LogP contribution in [0.25, 0.3) is 16.7 Å². The first-order chi connectivity index (χ1) is 20.8. The van der Waals surface area contributed by atoms with E-state index in [9.17, 15) is 9.59 Å². The highest BCUT2D eigenvalue weighted by molar-refractivity contribution is 5.80. The average Bonchev–Trinajstić information content (AvgIpc) is 3.42. The van der Waals surface area contributed by atoms with Gasteiger partial charge in [-0.25, -0.2) is 0 Å². The standard InChI is InChI=1S/C33H45N7O3/c1-24(2)43-21-9-18-39-32(42)28-12-5-6-13-29(28)40-30(35-36-33(39)40)14-15-31(41)34-16-8-17-37-19-20-38(26(4)23-37)27-11-7-10-25(3)22-27/h5-7,10-13,22,24,26H,8-9,14-21,23H2,1-4H3,(H,34,41)/t26-/m1/s1. The lowest BCUT2D eigenvalue weighted by atomic mass is 10.1. The molecule has 2 aromatic heterocycles. The van der Waals surface area contributed by atoms with Gasteiger partial charge in [0.1, 0.15) is 5.82 Å². The molecule has 2 aromatic carbocycles. The van der Waals surface area contributed by atoms with Gasteiger partial charge in [0.25, 0.3) is 5.56 Å². The zero-order valence-electron chi connectivity index (χ0n) is 26.0. The van der Waals surface area contributed by atoms with Crippen molar-refractivity contribution in [3.63, 3.8) is 0 Å². The smallest absolute Gasteiger partial charge is 0.262 e. The number of hydrogen-bond acceptors (Lipinski definition) is 7. The molecule has 1 fully saturated rings. The Morgan fingerprint density at radius 1 is 1.07 bits per heavy atom. The van der Waals surface area contributed by atoms with Crippen molar-refractivity contribution in [1.29, 1.82) is 0 Å². The predicted octanol–water partition coefficient (Wildman–Crippen LogP) is 3.82. The third kappa shape index (κ3) is 7.43. The maximum Gasteiger partial charge on any atom is 0.262 e. The van der Waals surface area contributed by atoms with Gasteiger partial charge in [-0.3, -0.25) is 23.5 Å². The summed E-state index contributed by atoms with van der Waals surface area (Å²) in [7, 11) is 0. The molecule has 0 saturated carbocycles. The lowest BCUT2D eigenvalue weighted by Gasteiger charge is -2.41. The molecule has 3 heterocycles. The van der Waals surface area contributed by atoms with Crippen LogP contribution in [0.5, 0.6) is 0 Å². The Balaban J connectivity index is 1.13. The van der Waals surface area contributed by atoms with Crippen LogP contribution < -0.4 is 15.8 Å². The molecule has 0 radical (unpaired) electrons. The van der Waals surface area contributed by atoms with Crippen molar-refractivity contribution in [1.82, 2.24) is 29.4 Å². The summed E-state index contributed by atoms with van der Waals surface area (Å²) in [5, 5.41) is 12.5. The summed E-state index contributed by atoms with van der Waals surface area (Å²) < 4.78 is 9.26. The number of fused-ring (bicyclic) bond motifs is 3. The van der Waals surface area contributed by atoms with Crippen LogP contribution >= 0.6 is 0 Å². The Hall–Kier alpha value is -3.76. The summed E-state index contributed by atoms with van der Waals surface area (Å²) >= 11 is 0. The fourth-order valence-corrected chi connectivity index (χ4v) is 5.99. The summed E-state index contributed by atoms with van der Waals surface area (Å²) in [4.78, 5) is 31.0. The molecule has 1 aliphatic heterocycles. The summed E-state index contributed by atoms with van der Waals surface area (Å²) in [6, 6.07) is 16.7. The number of carbonyl (C=O) groups excluding carboxylic acids is 1. The van der Waals surface area contributed by atoms with Crippen molar-refractivity contribution in [3.8, 4) is 0 Å². The molecule has 230 valence electrons. The molecule has 5 rings (SSSR count). The number of rotatable bonds is 13. The van der Waals surface area contributed by atoms with Gasteiger partial charge in [-0.05, 0) is 76.9 Å². The number of piperazine rings is 1. The van der Waals surface area contributed by atoms with Crippen molar-refractivity contribution in [2.75, 3.05) is 44.2 Å². The first-order valence-corrected chi connectivity index (χ1v) is 15.6. The Labute approximate surface area is 253 Å². The van der Waals surface area contributed by atoms with Crippen molar-refractivity contribution in [3.05, 3.63) is 70.3 Å². The summed E-state index contributed by atoms with van der Waals surface area (Å²) in [5.41, 5.74) is 3.26. The molecule has 0 aliphatic carbocycles. The van der Waals surface area contributed by atoms with Gasteiger partial charge in [0.05, 0.1) is 17.0 Å². The van der Waals surface area contributed by atoms with E-state index in [4.69, 9.17) is 4.74 Å². The highest BCUT2D eigenvalue weighted by atomic mass is 16.5. The van der Waals surface area contributed by atoms with Gasteiger partial charge in [0.2, 0.25) is 11.7 Å². The summed E-state index contributed by atoms with van der Waals surface area (Å²) in [6.45, 7) is 14.1. The highest BCUT2D eigenvalue weighted by Gasteiger charge is 2.23. The maximum absolute atomic E-state index is 13.3. The van der Waals surface area contributed by atoms with E-state index in [0.717, 1.165) is 38.1 Å². The van der Waals surface area contributed by atoms with Crippen LogP contribution in [-0.4, -0.2) is 81.4 Å². The number of amides is 1. The largest absolute Gasteiger partial charge is 0.379 e. The number of aromatic nitrogens is 4. The average molecular weight is 588 g/mol. The van der Waals surface area contributed by atoms with Gasteiger partial charge in [-0.2, -0.15) is 0 Å². The molecule has 1 saturated heterocycles. The number of hydrogen-bond donors (Lipinski definition) is 1. The van der Waals surface area contributed by atoms with Crippen LogP contribution in [0.4, 0.5) is 5.69 Å². The first kappa shape index (κ1) is 30.7. The minimum Gasteiger partial charge on any atom is -0.379 e. The zero-order chi connectivity index (χ0) is 30.3. The minimum absolute atomic E-state index is 0.00199. The monoisotopic (exact) mass is 587 g/mol. The third-order valence-electron chi connectivity index (χ3n) is 8.15. The molecule has 10 nitrogen and oxygen atoms in total. The number of nitrogens with zero attached hydrogens (tertiary/aromatic N) is 6. The number of para-hydroxylation sites is 1. The van der Waals surface area contributed by atoms with E-state index in [1.54, 1.807) is 4.57 Å². The fourth-order valence-electron chi connectivity index (χ4n) is 5.99. The molecular formula is C33H45N7O3. The van der Waals surface area contributed by atoms with E-state index in [1.807, 2.05) is 42.5 Å². The van der Waals surface area contributed by atoms with Crippen LogP contribution in [0, 0.1) is 6.92 Å². The molecule has 43 heavy (non-hydrogen) atoms. The van der Waals surface area contributed by atoms with E-state index >= 15 is 0 Å². The number of carbonyl (C=O) groups is 1. The SMILES string of the molecule is Cc1cccc(N2CCN(CCCNC(=O)CCc3nnc4n(CCCOC(C)C)c(=O)c5ccccc5n34)C[C@H]2C)c1. The second-order valence-corrected chi connectivity index (χ2v) is 11.9. The van der Waals surface area contributed by atoms with Gasteiger partial charge in [0, 0.05) is 63.9 Å². The molecular weight excluding hydrogens is 542 g/mol. The normalized spacial score (nSPS) is 16.0. The molecule has 1 amide bonds. The molecule has 0 spiro atoms. The molecule has 1 N–H and O–H groups in total. The van der Waals surface area contributed by atoms with Crippen LogP contribution in [0.1, 0.15) is 51.4 Å². The molecule has 0 bridgehead atoms. The van der Waals surface area contributed by atoms with Crippen molar-refractivity contribution in [2.24, 2.45) is 0 Å². The number of anilines is 1. The molecule has 4 aromatic rings. The third-order valence-corrected chi connectivity index (χ3v) is 8.15. The Morgan fingerprint density at radius 2 is 1.91 bits per heavy atom. The van der Waals surface area contributed by atoms with Crippen molar-refractivity contribution < 1.29 is 9.53 Å². The molecule has 1 atom stereocenters. The predicted molar refractivity (Wildman–Crippen MR) is 171 cm³/mol. The highest BCUT2D eigenvalue weighted by Crippen LogP contribution is 2.22. The lowest BCUT2D eigenvalue weighted by Crippen LogP contribution is -2.52. The van der Waals surface area contributed by atoms with Crippen LogP contribution in [0.3, 0.4) is 0 Å². The maximum atomic E-state index is 13.3. The van der Waals surface area contributed by atoms with Crippen molar-refractivity contribution in [2.45, 2.75) is 72.1 Å². The number of aryl methyl sites for hydroxylation is 3. The van der Waals surface area contributed by atoms with Gasteiger partial charge in [-0.1, -0.05) is 24.3 Å². The molecule has 0 unspecified atom stereocenters. The van der Waals surface area contributed by atoms with Crippen LogP contribution in [0.15, 0.2) is 53.3 Å². The quantitative estimate of drug-likeness (QED) is 0.238. The number of benzene rings is 2. The summed E-state index contributed by atoms with van der Waals surface area (Å²) in [5.74, 6) is 1.17. The second kappa shape index (κ2) is 14.1. The Morgan fingerprint density at radius 3 is 2.70 bits per heavy atom. The molecule has 10 heteroatoms. The zero-order valence-corrected chi connectivity index (χ0v) is 26.0. The first-order valence-electron chi connectivity index (χ1n) is 15.6. The minimum atomic E-state index is -0.0877. The number of nitrogens with one attached hydrogen (secondary N) is 1. The second-order valence-electron chi connectivity index (χ2n) is 11.9. The van der Waals surface area contributed by atoms with Crippen LogP contribution in [-0.2, 0) is 22.5 Å². The van der Waals surface area contributed by atoms with E-state index in [0.29, 0.717) is 62.0 Å². The Bertz CT molecular complexity index is 1590. The topological polar surface area (TPSA) is 97.0 Å². The summed E-state index contributed by atoms with van der Waals surface area (Å²) in [6.07, 6.45) is 2.49. The van der Waals surface area contributed by atoms with E-state index in [2.05, 4.69) is 63.4 Å². The Kier molecular flexibility index (Phi) is 10.1. The number of ether oxygens (including phenoxy) is 1. The lowest BCUT2D eigenvalue weighted by molar-refractivity contribution is -0.121.